The van der Waals surface area contributed by atoms with Crippen molar-refractivity contribution in [3.05, 3.63) is 59.7 Å². The first-order valence-corrected chi connectivity index (χ1v) is 9.64. The Balaban J connectivity index is 1.60. The van der Waals surface area contributed by atoms with Gasteiger partial charge < -0.3 is 19.9 Å². The molecule has 1 saturated heterocycles. The molecule has 146 valence electrons. The predicted octanol–water partition coefficient (Wildman–Crippen LogP) is 2.85. The monoisotopic (exact) mass is 377 g/mol. The highest BCUT2D eigenvalue weighted by atomic mass is 16.5. The van der Waals surface area contributed by atoms with E-state index < -0.39 is 0 Å². The molecule has 0 spiro atoms. The minimum atomic E-state index is 0.604. The van der Waals surface area contributed by atoms with E-state index in [2.05, 4.69) is 40.2 Å². The van der Waals surface area contributed by atoms with Crippen LogP contribution in [0.2, 0.25) is 0 Å². The van der Waals surface area contributed by atoms with Crippen LogP contribution in [0.15, 0.2) is 53.5 Å². The topological polar surface area (TPSA) is 63.9 Å². The van der Waals surface area contributed by atoms with Gasteiger partial charge in [-0.3, -0.25) is 0 Å². The first-order valence-electron chi connectivity index (χ1n) is 9.64. The van der Waals surface area contributed by atoms with Crippen molar-refractivity contribution in [2.75, 3.05) is 44.7 Å². The summed E-state index contributed by atoms with van der Waals surface area (Å²) in [6.07, 6.45) is 0. The molecule has 0 aliphatic carbocycles. The summed E-state index contributed by atoms with van der Waals surface area (Å²) >= 11 is 0. The van der Waals surface area contributed by atoms with Crippen molar-refractivity contribution < 1.29 is 4.74 Å². The van der Waals surface area contributed by atoms with Gasteiger partial charge in [0.2, 0.25) is 0 Å². The van der Waals surface area contributed by atoms with Crippen molar-refractivity contribution in [3.8, 4) is 11.8 Å². The van der Waals surface area contributed by atoms with Crippen LogP contribution >= 0.6 is 0 Å². The van der Waals surface area contributed by atoms with E-state index in [1.54, 1.807) is 7.11 Å². The molecule has 1 heterocycles. The number of anilines is 1. The Labute approximate surface area is 167 Å². The molecule has 0 unspecified atom stereocenters. The molecule has 0 amide bonds. The molecule has 1 fully saturated rings. The lowest BCUT2D eigenvalue weighted by Gasteiger charge is -2.37. The van der Waals surface area contributed by atoms with Crippen LogP contribution in [0.4, 0.5) is 5.69 Å². The molecule has 3 rings (SSSR count). The first kappa shape index (κ1) is 19.6. The van der Waals surface area contributed by atoms with Crippen molar-refractivity contribution in [1.29, 1.82) is 5.26 Å². The third-order valence-electron chi connectivity index (χ3n) is 4.85. The molecule has 6 nitrogen and oxygen atoms in total. The Morgan fingerprint density at radius 2 is 1.75 bits per heavy atom. The molecule has 28 heavy (non-hydrogen) atoms. The van der Waals surface area contributed by atoms with Crippen LogP contribution in [0, 0.1) is 11.3 Å². The van der Waals surface area contributed by atoms with Crippen LogP contribution in [0.1, 0.15) is 18.1 Å². The zero-order valence-electron chi connectivity index (χ0n) is 16.6. The summed E-state index contributed by atoms with van der Waals surface area (Å²) in [5.74, 6) is 1.83. The molecule has 0 aromatic heterocycles. The molecule has 0 atom stereocenters. The van der Waals surface area contributed by atoms with Gasteiger partial charge in [0.25, 0.3) is 0 Å². The summed E-state index contributed by atoms with van der Waals surface area (Å²) in [5, 5.41) is 12.3. The largest absolute Gasteiger partial charge is 0.497 e. The molecule has 1 N–H and O–H groups in total. The van der Waals surface area contributed by atoms with Crippen molar-refractivity contribution >= 4 is 11.6 Å². The SMILES string of the molecule is CCNC(=NCc1ccc(C#N)cc1)N1CCN(c2ccc(OC)cc2)CC1. The molecule has 0 radical (unpaired) electrons. The van der Waals surface area contributed by atoms with Gasteiger partial charge >= 0.3 is 0 Å². The van der Waals surface area contributed by atoms with Gasteiger partial charge in [0.1, 0.15) is 5.75 Å². The van der Waals surface area contributed by atoms with Crippen molar-refractivity contribution in [2.45, 2.75) is 13.5 Å². The summed E-state index contributed by atoms with van der Waals surface area (Å²) in [6, 6.07) is 18.0. The predicted molar refractivity (Wildman–Crippen MR) is 113 cm³/mol. The summed E-state index contributed by atoms with van der Waals surface area (Å²) in [5.41, 5.74) is 3.00. The quantitative estimate of drug-likeness (QED) is 0.641. The van der Waals surface area contributed by atoms with E-state index in [1.165, 1.54) is 5.69 Å². The van der Waals surface area contributed by atoms with Gasteiger partial charge in [0.15, 0.2) is 5.96 Å². The number of hydrogen-bond acceptors (Lipinski definition) is 4. The van der Waals surface area contributed by atoms with E-state index in [9.17, 15) is 0 Å². The summed E-state index contributed by atoms with van der Waals surface area (Å²) in [6.45, 7) is 7.28. The Kier molecular flexibility index (Phi) is 6.74. The third kappa shape index (κ3) is 4.95. The molecule has 0 saturated carbocycles. The lowest BCUT2D eigenvalue weighted by atomic mass is 10.1. The molecule has 0 bridgehead atoms. The summed E-state index contributed by atoms with van der Waals surface area (Å²) < 4.78 is 5.24. The zero-order chi connectivity index (χ0) is 19.8. The van der Waals surface area contributed by atoms with Crippen molar-refractivity contribution in [2.24, 2.45) is 4.99 Å². The van der Waals surface area contributed by atoms with Crippen molar-refractivity contribution in [1.82, 2.24) is 10.2 Å². The fourth-order valence-electron chi connectivity index (χ4n) is 3.25. The third-order valence-corrected chi connectivity index (χ3v) is 4.85. The number of guanidine groups is 1. The number of ether oxygens (including phenoxy) is 1. The number of aliphatic imine (C=N–C) groups is 1. The maximum atomic E-state index is 8.91. The number of nitrogens with zero attached hydrogens (tertiary/aromatic N) is 4. The molecule has 2 aromatic rings. The second-order valence-electron chi connectivity index (χ2n) is 6.65. The van der Waals surface area contributed by atoms with Crippen LogP contribution in [0.25, 0.3) is 0 Å². The lowest BCUT2D eigenvalue weighted by molar-refractivity contribution is 0.372. The van der Waals surface area contributed by atoms with Crippen LogP contribution in [-0.4, -0.2) is 50.7 Å². The van der Waals surface area contributed by atoms with E-state index in [4.69, 9.17) is 15.0 Å². The van der Waals surface area contributed by atoms with E-state index in [-0.39, 0.29) is 0 Å². The standard InChI is InChI=1S/C22H27N5O/c1-3-24-22(25-17-19-6-4-18(16-23)5-7-19)27-14-12-26(13-15-27)20-8-10-21(28-2)11-9-20/h4-11H,3,12-15,17H2,1-2H3,(H,24,25). The van der Waals surface area contributed by atoms with Crippen LogP contribution < -0.4 is 15.0 Å². The Morgan fingerprint density at radius 3 is 2.32 bits per heavy atom. The highest BCUT2D eigenvalue weighted by Gasteiger charge is 2.19. The normalized spacial score (nSPS) is 14.5. The number of nitrogens with one attached hydrogen (secondary N) is 1. The first-order chi connectivity index (χ1) is 13.7. The number of piperazine rings is 1. The number of nitriles is 1. The fourth-order valence-corrected chi connectivity index (χ4v) is 3.25. The minimum Gasteiger partial charge on any atom is -0.497 e. The second-order valence-corrected chi connectivity index (χ2v) is 6.65. The van der Waals surface area contributed by atoms with E-state index in [0.29, 0.717) is 12.1 Å². The summed E-state index contributed by atoms with van der Waals surface area (Å²) in [4.78, 5) is 9.50. The zero-order valence-corrected chi connectivity index (χ0v) is 16.6. The highest BCUT2D eigenvalue weighted by molar-refractivity contribution is 5.80. The Morgan fingerprint density at radius 1 is 1.07 bits per heavy atom. The van der Waals surface area contributed by atoms with Crippen LogP contribution in [-0.2, 0) is 6.54 Å². The average Bonchev–Trinajstić information content (AvgIpc) is 2.77. The Bertz CT molecular complexity index is 816. The number of benzene rings is 2. The maximum Gasteiger partial charge on any atom is 0.194 e. The van der Waals surface area contributed by atoms with E-state index in [0.717, 1.165) is 50.0 Å². The number of hydrogen-bond donors (Lipinski definition) is 1. The second kappa shape index (κ2) is 9.65. The smallest absolute Gasteiger partial charge is 0.194 e. The van der Waals surface area contributed by atoms with Crippen LogP contribution in [0.3, 0.4) is 0 Å². The molecule has 1 aliphatic rings. The number of methoxy groups -OCH3 is 1. The maximum absolute atomic E-state index is 8.91. The molecule has 1 aliphatic heterocycles. The summed E-state index contributed by atoms with van der Waals surface area (Å²) in [7, 11) is 1.69. The molecular formula is C22H27N5O. The number of rotatable bonds is 5. The van der Waals surface area contributed by atoms with Crippen molar-refractivity contribution in [3.63, 3.8) is 0 Å². The Hall–Kier alpha value is -3.20. The van der Waals surface area contributed by atoms with Gasteiger partial charge in [0.05, 0.1) is 25.3 Å². The molecule has 2 aromatic carbocycles. The van der Waals surface area contributed by atoms with E-state index in [1.807, 2.05) is 36.4 Å². The lowest BCUT2D eigenvalue weighted by Crippen LogP contribution is -2.52. The fraction of sp³-hybridized carbons (Fsp3) is 0.364. The molecule has 6 heteroatoms. The molecular weight excluding hydrogens is 350 g/mol. The van der Waals surface area contributed by atoms with Gasteiger partial charge in [-0.15, -0.1) is 0 Å². The van der Waals surface area contributed by atoms with Gasteiger partial charge in [-0.25, -0.2) is 4.99 Å². The van der Waals surface area contributed by atoms with Gasteiger partial charge in [0, 0.05) is 38.4 Å². The highest BCUT2D eigenvalue weighted by Crippen LogP contribution is 2.20. The van der Waals surface area contributed by atoms with Gasteiger partial charge in [-0.2, -0.15) is 5.26 Å². The van der Waals surface area contributed by atoms with Gasteiger partial charge in [-0.1, -0.05) is 12.1 Å². The van der Waals surface area contributed by atoms with E-state index >= 15 is 0 Å². The average molecular weight is 377 g/mol. The van der Waals surface area contributed by atoms with Gasteiger partial charge in [-0.05, 0) is 48.9 Å². The van der Waals surface area contributed by atoms with Crippen LogP contribution in [0.5, 0.6) is 5.75 Å². The minimum absolute atomic E-state index is 0.604.